The summed E-state index contributed by atoms with van der Waals surface area (Å²) in [4.78, 5) is 35.7. The molecule has 0 spiro atoms. The van der Waals surface area contributed by atoms with E-state index in [1.807, 2.05) is 30.3 Å². The van der Waals surface area contributed by atoms with Crippen molar-refractivity contribution >= 4 is 29.1 Å². The molecule has 3 N–H and O–H groups in total. The maximum atomic E-state index is 12.1. The Labute approximate surface area is 167 Å². The quantitative estimate of drug-likeness (QED) is 0.389. The molecule has 0 unspecified atom stereocenters. The van der Waals surface area contributed by atoms with Crippen molar-refractivity contribution in [3.63, 3.8) is 0 Å². The van der Waals surface area contributed by atoms with E-state index in [2.05, 4.69) is 21.2 Å². The predicted molar refractivity (Wildman–Crippen MR) is 105 cm³/mol. The molecule has 1 aliphatic rings. The molecule has 9 heteroatoms. The summed E-state index contributed by atoms with van der Waals surface area (Å²) in [6.07, 6.45) is -0.0552. The molecule has 2 aromatic rings. The molecule has 1 aliphatic heterocycles. The molecule has 3 rings (SSSR count). The molecule has 0 saturated carbocycles. The fraction of sp³-hybridized carbons (Fsp3) is 0.200. The van der Waals surface area contributed by atoms with Crippen LogP contribution < -0.4 is 25.5 Å². The summed E-state index contributed by atoms with van der Waals surface area (Å²) in [5, 5.41) is 8.99. The van der Waals surface area contributed by atoms with Crippen LogP contribution in [0, 0.1) is 0 Å². The molecule has 0 bridgehead atoms. The highest BCUT2D eigenvalue weighted by atomic mass is 16.7. The van der Waals surface area contributed by atoms with Gasteiger partial charge in [0.1, 0.15) is 0 Å². The van der Waals surface area contributed by atoms with Gasteiger partial charge in [-0.1, -0.05) is 30.3 Å². The largest absolute Gasteiger partial charge is 0.454 e. The summed E-state index contributed by atoms with van der Waals surface area (Å²) < 4.78 is 10.5. The molecular weight excluding hydrogens is 376 g/mol. The lowest BCUT2D eigenvalue weighted by Gasteiger charge is -2.07. The van der Waals surface area contributed by atoms with Crippen molar-refractivity contribution < 1.29 is 23.9 Å². The third kappa shape index (κ3) is 5.80. The zero-order chi connectivity index (χ0) is 20.6. The van der Waals surface area contributed by atoms with Crippen molar-refractivity contribution in [1.29, 1.82) is 0 Å². The minimum Gasteiger partial charge on any atom is -0.454 e. The van der Waals surface area contributed by atoms with Crippen LogP contribution in [0.4, 0.5) is 5.69 Å². The number of hydrazone groups is 1. The maximum absolute atomic E-state index is 12.1. The number of benzene rings is 2. The van der Waals surface area contributed by atoms with Gasteiger partial charge in [-0.2, -0.15) is 5.10 Å². The van der Waals surface area contributed by atoms with E-state index in [4.69, 9.17) is 9.47 Å². The van der Waals surface area contributed by atoms with Gasteiger partial charge in [-0.15, -0.1) is 0 Å². The van der Waals surface area contributed by atoms with Crippen LogP contribution >= 0.6 is 0 Å². The van der Waals surface area contributed by atoms with Gasteiger partial charge in [-0.05, 0) is 24.6 Å². The zero-order valence-electron chi connectivity index (χ0n) is 15.7. The topological polar surface area (TPSA) is 118 Å². The summed E-state index contributed by atoms with van der Waals surface area (Å²) in [6.45, 7) is 1.95. The van der Waals surface area contributed by atoms with Gasteiger partial charge in [0.25, 0.3) is 0 Å². The second kappa shape index (κ2) is 9.36. The summed E-state index contributed by atoms with van der Waals surface area (Å²) in [5.74, 6) is -0.865. The third-order valence-electron chi connectivity index (χ3n) is 3.92. The fourth-order valence-electron chi connectivity index (χ4n) is 2.51. The summed E-state index contributed by atoms with van der Waals surface area (Å²) in [6, 6.07) is 14.2. The summed E-state index contributed by atoms with van der Waals surface area (Å²) in [7, 11) is 0. The Morgan fingerprint density at radius 2 is 1.76 bits per heavy atom. The van der Waals surface area contributed by atoms with Crippen LogP contribution in [0.5, 0.6) is 11.5 Å². The second-order valence-electron chi connectivity index (χ2n) is 6.25. The molecule has 0 aliphatic carbocycles. The first-order valence-corrected chi connectivity index (χ1v) is 8.86. The van der Waals surface area contributed by atoms with E-state index >= 15 is 0 Å². The Balaban J connectivity index is 1.43. The van der Waals surface area contributed by atoms with Gasteiger partial charge < -0.3 is 20.1 Å². The number of hydrogen-bond acceptors (Lipinski definition) is 6. The van der Waals surface area contributed by atoms with E-state index in [-0.39, 0.29) is 25.7 Å². The second-order valence-corrected chi connectivity index (χ2v) is 6.25. The van der Waals surface area contributed by atoms with E-state index in [1.54, 1.807) is 25.1 Å². The summed E-state index contributed by atoms with van der Waals surface area (Å²) in [5.41, 5.74) is 3.90. The Bertz CT molecular complexity index is 943. The Hall–Kier alpha value is -3.88. The monoisotopic (exact) mass is 396 g/mol. The highest BCUT2D eigenvalue weighted by molar-refractivity contribution is 6.35. The van der Waals surface area contributed by atoms with E-state index < -0.39 is 11.8 Å². The first kappa shape index (κ1) is 19.9. The van der Waals surface area contributed by atoms with Crippen LogP contribution in [-0.4, -0.2) is 30.2 Å². The normalized spacial score (nSPS) is 12.2. The van der Waals surface area contributed by atoms with Crippen LogP contribution in [0.25, 0.3) is 0 Å². The molecular formula is C20H20N4O5. The lowest BCUT2D eigenvalue weighted by atomic mass is 10.2. The molecule has 29 heavy (non-hydrogen) atoms. The van der Waals surface area contributed by atoms with Gasteiger partial charge in [0.2, 0.25) is 12.7 Å². The number of carbonyl (C=O) groups excluding carboxylic acids is 3. The number of hydrogen-bond donors (Lipinski definition) is 3. The van der Waals surface area contributed by atoms with Crippen LogP contribution in [0.1, 0.15) is 18.9 Å². The minimum absolute atomic E-state index is 0.0552. The van der Waals surface area contributed by atoms with Gasteiger partial charge in [-0.25, -0.2) is 5.43 Å². The first-order chi connectivity index (χ1) is 14.0. The molecule has 1 heterocycles. The van der Waals surface area contributed by atoms with Gasteiger partial charge in [0.15, 0.2) is 11.5 Å². The summed E-state index contributed by atoms with van der Waals surface area (Å²) >= 11 is 0. The molecule has 0 saturated heterocycles. The van der Waals surface area contributed by atoms with Crippen LogP contribution in [0.2, 0.25) is 0 Å². The Morgan fingerprint density at radius 1 is 1.00 bits per heavy atom. The number of rotatable bonds is 6. The number of nitrogens with one attached hydrogen (secondary N) is 3. The third-order valence-corrected chi connectivity index (χ3v) is 3.92. The first-order valence-electron chi connectivity index (χ1n) is 8.86. The van der Waals surface area contributed by atoms with Crippen molar-refractivity contribution in [3.8, 4) is 11.5 Å². The van der Waals surface area contributed by atoms with Crippen molar-refractivity contribution in [3.05, 3.63) is 54.1 Å². The highest BCUT2D eigenvalue weighted by Crippen LogP contribution is 2.34. The van der Waals surface area contributed by atoms with Crippen molar-refractivity contribution in [2.24, 2.45) is 5.10 Å². The molecule has 0 atom stereocenters. The van der Waals surface area contributed by atoms with Crippen LogP contribution in [-0.2, 0) is 20.9 Å². The highest BCUT2D eigenvalue weighted by Gasteiger charge is 2.15. The van der Waals surface area contributed by atoms with Gasteiger partial charge in [0.05, 0.1) is 6.42 Å². The number of anilines is 1. The van der Waals surface area contributed by atoms with E-state index in [1.165, 1.54) is 0 Å². The average molecular weight is 396 g/mol. The number of fused-ring (bicyclic) bond motifs is 1. The van der Waals surface area contributed by atoms with Gasteiger partial charge >= 0.3 is 11.8 Å². The maximum Gasteiger partial charge on any atom is 0.329 e. The number of ether oxygens (including phenoxy) is 2. The Morgan fingerprint density at radius 3 is 2.55 bits per heavy atom. The molecule has 0 fully saturated rings. The molecule has 0 aromatic heterocycles. The van der Waals surface area contributed by atoms with Crippen molar-refractivity contribution in [2.45, 2.75) is 19.9 Å². The van der Waals surface area contributed by atoms with Crippen LogP contribution in [0.3, 0.4) is 0 Å². The van der Waals surface area contributed by atoms with E-state index in [0.29, 0.717) is 22.9 Å². The standard InChI is InChI=1S/C20H20N4O5/c1-13(9-18(25)22-15-7-8-16-17(10-15)29-12-28-16)23-24-20(27)19(26)21-11-14-5-3-2-4-6-14/h2-8,10H,9,11-12H2,1H3,(H,21,26)(H,22,25)(H,24,27). The van der Waals surface area contributed by atoms with Crippen LogP contribution in [0.15, 0.2) is 53.6 Å². The molecule has 3 amide bonds. The van der Waals surface area contributed by atoms with E-state index in [9.17, 15) is 14.4 Å². The average Bonchev–Trinajstić information content (AvgIpc) is 3.18. The molecule has 9 nitrogen and oxygen atoms in total. The van der Waals surface area contributed by atoms with E-state index in [0.717, 1.165) is 5.56 Å². The zero-order valence-corrected chi connectivity index (χ0v) is 15.7. The van der Waals surface area contributed by atoms with Crippen molar-refractivity contribution in [1.82, 2.24) is 10.7 Å². The van der Waals surface area contributed by atoms with Gasteiger partial charge in [0, 0.05) is 24.0 Å². The fourth-order valence-corrected chi connectivity index (χ4v) is 2.51. The van der Waals surface area contributed by atoms with Crippen molar-refractivity contribution in [2.75, 3.05) is 12.1 Å². The lowest BCUT2D eigenvalue weighted by molar-refractivity contribution is -0.139. The lowest BCUT2D eigenvalue weighted by Crippen LogP contribution is -2.37. The molecule has 150 valence electrons. The predicted octanol–water partition coefficient (Wildman–Crippen LogP) is 1.55. The number of nitrogens with zero attached hydrogens (tertiary/aromatic N) is 1. The SMILES string of the molecule is CC(CC(=O)Nc1ccc2c(c1)OCO2)=NNC(=O)C(=O)NCc1ccccc1. The Kier molecular flexibility index (Phi) is 6.41. The minimum atomic E-state index is -0.906. The number of amides is 3. The van der Waals surface area contributed by atoms with Gasteiger partial charge in [-0.3, -0.25) is 14.4 Å². The molecule has 0 radical (unpaired) electrons. The number of carbonyl (C=O) groups is 3. The smallest absolute Gasteiger partial charge is 0.329 e. The molecule has 2 aromatic carbocycles.